The van der Waals surface area contributed by atoms with E-state index in [4.69, 9.17) is 9.47 Å². The second kappa shape index (κ2) is 10.4. The van der Waals surface area contributed by atoms with E-state index in [1.54, 1.807) is 7.11 Å². The molecule has 6 heteroatoms. The Morgan fingerprint density at radius 2 is 1.83 bits per heavy atom. The summed E-state index contributed by atoms with van der Waals surface area (Å²) in [6.45, 7) is 12.0. The first-order valence-corrected chi connectivity index (χ1v) is 11.0. The van der Waals surface area contributed by atoms with Gasteiger partial charge in [-0.05, 0) is 58.7 Å². The average Bonchev–Trinajstić information content (AvgIpc) is 2.68. The number of piperidine rings is 1. The number of rotatable bonds is 7. The number of para-hydroxylation sites is 1. The minimum Gasteiger partial charge on any atom is -0.496 e. The van der Waals surface area contributed by atoms with Crippen molar-refractivity contribution in [3.05, 3.63) is 29.8 Å². The number of nitrogens with one attached hydrogen (secondary N) is 1. The van der Waals surface area contributed by atoms with Crippen LogP contribution in [-0.2, 0) is 9.53 Å². The van der Waals surface area contributed by atoms with E-state index in [2.05, 4.69) is 29.0 Å². The van der Waals surface area contributed by atoms with Gasteiger partial charge in [-0.2, -0.15) is 0 Å². The van der Waals surface area contributed by atoms with Gasteiger partial charge in [-0.1, -0.05) is 18.2 Å². The lowest BCUT2D eigenvalue weighted by molar-refractivity contribution is -0.123. The summed E-state index contributed by atoms with van der Waals surface area (Å²) < 4.78 is 11.3. The van der Waals surface area contributed by atoms with Gasteiger partial charge in [0.15, 0.2) is 0 Å². The van der Waals surface area contributed by atoms with Gasteiger partial charge in [0, 0.05) is 25.2 Å². The molecule has 2 aliphatic rings. The molecule has 1 aromatic carbocycles. The molecule has 1 amide bonds. The number of benzene rings is 1. The lowest BCUT2D eigenvalue weighted by Gasteiger charge is -2.39. The van der Waals surface area contributed by atoms with Crippen LogP contribution in [0.3, 0.4) is 0 Å². The molecule has 3 unspecified atom stereocenters. The molecule has 3 rings (SSSR count). The third kappa shape index (κ3) is 6.43. The van der Waals surface area contributed by atoms with Gasteiger partial charge in [0.05, 0.1) is 31.9 Å². The standard InChI is InChI=1S/C23H37N3O3/c1-17-13-26(14-18(2)29-17)15-20-9-11-25(12-10-20)16-23(27)24-19(3)21-7-5-6-8-22(21)28-4/h5-8,17-20H,9-16H2,1-4H3,(H,24,27). The number of methoxy groups -OCH3 is 1. The molecular formula is C23H37N3O3. The number of morpholine rings is 1. The van der Waals surface area contributed by atoms with Crippen LogP contribution in [0, 0.1) is 5.92 Å². The van der Waals surface area contributed by atoms with Gasteiger partial charge < -0.3 is 14.8 Å². The number of amides is 1. The molecule has 162 valence electrons. The highest BCUT2D eigenvalue weighted by Gasteiger charge is 2.27. The molecule has 1 aromatic rings. The third-order valence-electron chi connectivity index (χ3n) is 6.07. The van der Waals surface area contributed by atoms with Crippen molar-refractivity contribution >= 4 is 5.91 Å². The Labute approximate surface area is 175 Å². The number of hydrogen-bond acceptors (Lipinski definition) is 5. The van der Waals surface area contributed by atoms with Gasteiger partial charge in [0.1, 0.15) is 5.75 Å². The van der Waals surface area contributed by atoms with Crippen molar-refractivity contribution in [1.82, 2.24) is 15.1 Å². The second-order valence-corrected chi connectivity index (χ2v) is 8.73. The van der Waals surface area contributed by atoms with Crippen molar-refractivity contribution in [3.8, 4) is 5.75 Å². The van der Waals surface area contributed by atoms with E-state index in [0.717, 1.165) is 62.8 Å². The molecule has 1 N–H and O–H groups in total. The summed E-state index contributed by atoms with van der Waals surface area (Å²) in [5, 5.41) is 3.12. The van der Waals surface area contributed by atoms with Crippen LogP contribution in [0.5, 0.6) is 5.75 Å². The monoisotopic (exact) mass is 403 g/mol. The number of carbonyl (C=O) groups excluding carboxylic acids is 1. The van der Waals surface area contributed by atoms with Crippen LogP contribution in [-0.4, -0.2) is 74.3 Å². The Kier molecular flexibility index (Phi) is 7.92. The van der Waals surface area contributed by atoms with Crippen LogP contribution in [0.25, 0.3) is 0 Å². The van der Waals surface area contributed by atoms with E-state index in [0.29, 0.717) is 18.8 Å². The highest BCUT2D eigenvalue weighted by molar-refractivity contribution is 5.78. The van der Waals surface area contributed by atoms with Crippen molar-refractivity contribution in [3.63, 3.8) is 0 Å². The summed E-state index contributed by atoms with van der Waals surface area (Å²) in [6, 6.07) is 7.78. The van der Waals surface area contributed by atoms with Gasteiger partial charge in [-0.15, -0.1) is 0 Å². The molecule has 2 fully saturated rings. The fraction of sp³-hybridized carbons (Fsp3) is 0.696. The Hall–Kier alpha value is -1.63. The van der Waals surface area contributed by atoms with E-state index in [9.17, 15) is 4.79 Å². The maximum atomic E-state index is 12.5. The SMILES string of the molecule is COc1ccccc1C(C)NC(=O)CN1CCC(CN2CC(C)OC(C)C2)CC1. The molecule has 2 saturated heterocycles. The van der Waals surface area contributed by atoms with Gasteiger partial charge in [0.2, 0.25) is 5.91 Å². The normalized spacial score (nSPS) is 25.5. The number of carbonyl (C=O) groups is 1. The third-order valence-corrected chi connectivity index (χ3v) is 6.07. The molecule has 0 aliphatic carbocycles. The topological polar surface area (TPSA) is 54.0 Å². The lowest BCUT2D eigenvalue weighted by atomic mass is 9.95. The number of hydrogen-bond donors (Lipinski definition) is 1. The Bertz CT molecular complexity index is 651. The Morgan fingerprint density at radius 1 is 1.17 bits per heavy atom. The molecule has 0 saturated carbocycles. The first-order valence-electron chi connectivity index (χ1n) is 11.0. The van der Waals surface area contributed by atoms with Crippen molar-refractivity contribution in [2.24, 2.45) is 5.92 Å². The predicted octanol–water partition coefficient (Wildman–Crippen LogP) is 2.69. The number of nitrogens with zero attached hydrogens (tertiary/aromatic N) is 2. The highest BCUT2D eigenvalue weighted by Crippen LogP contribution is 2.24. The quantitative estimate of drug-likeness (QED) is 0.759. The first-order chi connectivity index (χ1) is 13.9. The van der Waals surface area contributed by atoms with Gasteiger partial charge >= 0.3 is 0 Å². The zero-order chi connectivity index (χ0) is 20.8. The van der Waals surface area contributed by atoms with Crippen LogP contribution in [0.15, 0.2) is 24.3 Å². The zero-order valence-corrected chi connectivity index (χ0v) is 18.4. The molecule has 2 heterocycles. The minimum atomic E-state index is -0.0681. The van der Waals surface area contributed by atoms with Crippen molar-refractivity contribution in [2.75, 3.05) is 46.4 Å². The molecule has 0 bridgehead atoms. The van der Waals surface area contributed by atoms with Crippen molar-refractivity contribution < 1.29 is 14.3 Å². The summed E-state index contributed by atoms with van der Waals surface area (Å²) in [6.07, 6.45) is 2.98. The molecule has 6 nitrogen and oxygen atoms in total. The summed E-state index contributed by atoms with van der Waals surface area (Å²) in [4.78, 5) is 17.4. The number of ether oxygens (including phenoxy) is 2. The maximum absolute atomic E-state index is 12.5. The van der Waals surface area contributed by atoms with Gasteiger partial charge in [-0.25, -0.2) is 0 Å². The summed E-state index contributed by atoms with van der Waals surface area (Å²) in [5.41, 5.74) is 1.01. The molecule has 3 atom stereocenters. The van der Waals surface area contributed by atoms with E-state index in [1.165, 1.54) is 0 Å². The van der Waals surface area contributed by atoms with E-state index in [1.807, 2.05) is 31.2 Å². The highest BCUT2D eigenvalue weighted by atomic mass is 16.5. The van der Waals surface area contributed by atoms with E-state index < -0.39 is 0 Å². The summed E-state index contributed by atoms with van der Waals surface area (Å²) >= 11 is 0. The average molecular weight is 404 g/mol. The lowest BCUT2D eigenvalue weighted by Crippen LogP contribution is -2.49. The molecule has 0 radical (unpaired) electrons. The van der Waals surface area contributed by atoms with Crippen LogP contribution in [0.2, 0.25) is 0 Å². The summed E-state index contributed by atoms with van der Waals surface area (Å²) in [5.74, 6) is 1.62. The van der Waals surface area contributed by atoms with Crippen LogP contribution in [0.1, 0.15) is 45.2 Å². The molecule has 2 aliphatic heterocycles. The fourth-order valence-electron chi connectivity index (χ4n) is 4.72. The Morgan fingerprint density at radius 3 is 2.48 bits per heavy atom. The van der Waals surface area contributed by atoms with Gasteiger partial charge in [0.25, 0.3) is 0 Å². The molecule has 29 heavy (non-hydrogen) atoms. The number of likely N-dealkylation sites (tertiary alicyclic amines) is 1. The predicted molar refractivity (Wildman–Crippen MR) is 115 cm³/mol. The van der Waals surface area contributed by atoms with E-state index >= 15 is 0 Å². The smallest absolute Gasteiger partial charge is 0.234 e. The summed E-state index contributed by atoms with van der Waals surface area (Å²) in [7, 11) is 1.66. The van der Waals surface area contributed by atoms with Crippen LogP contribution < -0.4 is 10.1 Å². The second-order valence-electron chi connectivity index (χ2n) is 8.73. The van der Waals surface area contributed by atoms with Gasteiger partial charge in [-0.3, -0.25) is 14.6 Å². The van der Waals surface area contributed by atoms with Crippen molar-refractivity contribution in [2.45, 2.75) is 51.9 Å². The molecule has 0 spiro atoms. The van der Waals surface area contributed by atoms with Crippen molar-refractivity contribution in [1.29, 1.82) is 0 Å². The maximum Gasteiger partial charge on any atom is 0.234 e. The van der Waals surface area contributed by atoms with Crippen LogP contribution >= 0.6 is 0 Å². The largest absolute Gasteiger partial charge is 0.496 e. The Balaban J connectivity index is 1.40. The first kappa shape index (κ1) is 22.1. The zero-order valence-electron chi connectivity index (χ0n) is 18.4. The van der Waals surface area contributed by atoms with E-state index in [-0.39, 0.29) is 11.9 Å². The molecule has 0 aromatic heterocycles. The fourth-order valence-corrected chi connectivity index (χ4v) is 4.72. The molecular weight excluding hydrogens is 366 g/mol. The minimum absolute atomic E-state index is 0.0681. The van der Waals surface area contributed by atoms with Crippen LogP contribution in [0.4, 0.5) is 0 Å².